The molecular weight excluding hydrogens is 165 g/mol. The quantitative estimate of drug-likeness (QED) is 0.712. The van der Waals surface area contributed by atoms with Crippen molar-refractivity contribution in [1.29, 1.82) is 0 Å². The average Bonchev–Trinajstić information content (AvgIpc) is 2.04. The molecule has 0 heterocycles. The molecule has 0 spiro atoms. The smallest absolute Gasteiger partial charge is 0.140 e. The first-order valence-electron chi connectivity index (χ1n) is 3.09. The van der Waals surface area contributed by atoms with E-state index in [1.165, 1.54) is 19.2 Å². The van der Waals surface area contributed by atoms with Gasteiger partial charge in [-0.25, -0.2) is 13.3 Å². The van der Waals surface area contributed by atoms with E-state index in [1.807, 2.05) is 0 Å². The summed E-state index contributed by atoms with van der Waals surface area (Å²) in [6.07, 6.45) is 0. The third kappa shape index (κ3) is 1.85. The number of hydrogen-bond acceptors (Lipinski definition) is 1. The molecule has 0 aliphatic heterocycles. The zero-order chi connectivity index (χ0) is 8.27. The minimum absolute atomic E-state index is 0.190. The highest BCUT2D eigenvalue weighted by Crippen LogP contribution is 2.08. The van der Waals surface area contributed by atoms with Gasteiger partial charge >= 0.3 is 0 Å². The van der Waals surface area contributed by atoms with Crippen LogP contribution in [0.1, 0.15) is 0 Å². The van der Waals surface area contributed by atoms with Gasteiger partial charge in [0.2, 0.25) is 0 Å². The highest BCUT2D eigenvalue weighted by atomic mass is 32.2. The van der Waals surface area contributed by atoms with Crippen LogP contribution in [-0.4, -0.2) is 11.3 Å². The normalized spacial score (nSPS) is 12.9. The van der Waals surface area contributed by atoms with Gasteiger partial charge in [-0.05, 0) is 19.2 Å². The highest BCUT2D eigenvalue weighted by Gasteiger charge is 2.05. The van der Waals surface area contributed by atoms with E-state index in [2.05, 4.69) is 4.72 Å². The van der Waals surface area contributed by atoms with Crippen LogP contribution in [0.15, 0.2) is 29.2 Å². The third-order valence-electron chi connectivity index (χ3n) is 1.22. The second-order valence-electron chi connectivity index (χ2n) is 1.90. The Morgan fingerprint density at radius 3 is 2.64 bits per heavy atom. The van der Waals surface area contributed by atoms with Gasteiger partial charge < -0.3 is 0 Å². The Morgan fingerprint density at radius 2 is 2.09 bits per heavy atom. The maximum Gasteiger partial charge on any atom is 0.140 e. The number of benzene rings is 1. The summed E-state index contributed by atoms with van der Waals surface area (Å²) in [7, 11) is 0.0895. The fraction of sp³-hybridized carbons (Fsp3) is 0.143. The summed E-state index contributed by atoms with van der Waals surface area (Å²) in [5, 5.41) is 0. The van der Waals surface area contributed by atoms with Crippen LogP contribution >= 0.6 is 0 Å². The molecule has 1 aromatic rings. The van der Waals surface area contributed by atoms with Crippen molar-refractivity contribution in [2.24, 2.45) is 0 Å². The second kappa shape index (κ2) is 3.59. The minimum atomic E-state index is -1.43. The zero-order valence-electron chi connectivity index (χ0n) is 6.00. The highest BCUT2D eigenvalue weighted by molar-refractivity contribution is 7.83. The summed E-state index contributed by atoms with van der Waals surface area (Å²) >= 11 is 0. The van der Waals surface area contributed by atoms with E-state index in [0.717, 1.165) is 0 Å². The molecule has 0 saturated carbocycles. The predicted octanol–water partition coefficient (Wildman–Crippen LogP) is 1.07. The Hall–Kier alpha value is -0.740. The first-order valence-corrected chi connectivity index (χ1v) is 4.24. The van der Waals surface area contributed by atoms with Crippen LogP contribution < -0.4 is 4.72 Å². The number of nitrogens with one attached hydrogen (secondary N) is 1. The third-order valence-corrected chi connectivity index (χ3v) is 2.32. The van der Waals surface area contributed by atoms with Crippen molar-refractivity contribution in [2.75, 3.05) is 7.05 Å². The summed E-state index contributed by atoms with van der Waals surface area (Å²) in [6.45, 7) is 0. The SMILES string of the molecule is CNS(=O)c1ccccc1F. The van der Waals surface area contributed by atoms with Gasteiger partial charge in [-0.2, -0.15) is 0 Å². The number of hydrogen-bond donors (Lipinski definition) is 1. The molecule has 0 saturated heterocycles. The van der Waals surface area contributed by atoms with Crippen molar-refractivity contribution in [3.63, 3.8) is 0 Å². The molecule has 11 heavy (non-hydrogen) atoms. The van der Waals surface area contributed by atoms with Crippen LogP contribution in [0.3, 0.4) is 0 Å². The molecule has 4 heteroatoms. The minimum Gasteiger partial charge on any atom is -0.237 e. The van der Waals surface area contributed by atoms with Crippen LogP contribution in [-0.2, 0) is 11.0 Å². The first-order chi connectivity index (χ1) is 5.25. The van der Waals surface area contributed by atoms with E-state index in [9.17, 15) is 8.60 Å². The van der Waals surface area contributed by atoms with Gasteiger partial charge in [0.1, 0.15) is 16.8 Å². The summed E-state index contributed by atoms with van der Waals surface area (Å²) < 4.78 is 26.2. The maximum atomic E-state index is 12.8. The molecule has 1 rings (SSSR count). The van der Waals surface area contributed by atoms with Crippen molar-refractivity contribution >= 4 is 11.0 Å². The average molecular weight is 173 g/mol. The van der Waals surface area contributed by atoms with Gasteiger partial charge in [0.05, 0.1) is 4.90 Å². The second-order valence-corrected chi connectivity index (χ2v) is 3.29. The lowest BCUT2D eigenvalue weighted by atomic mass is 10.4. The molecule has 2 nitrogen and oxygen atoms in total. The van der Waals surface area contributed by atoms with Gasteiger partial charge in [0, 0.05) is 0 Å². The van der Waals surface area contributed by atoms with Crippen LogP contribution in [0.25, 0.3) is 0 Å². The van der Waals surface area contributed by atoms with Gasteiger partial charge in [0.25, 0.3) is 0 Å². The van der Waals surface area contributed by atoms with Crippen LogP contribution in [0, 0.1) is 5.82 Å². The lowest BCUT2D eigenvalue weighted by Gasteiger charge is -1.99. The molecule has 0 aromatic heterocycles. The summed E-state index contributed by atoms with van der Waals surface area (Å²) in [4.78, 5) is 0.190. The largest absolute Gasteiger partial charge is 0.237 e. The summed E-state index contributed by atoms with van der Waals surface area (Å²) in [5.74, 6) is -0.444. The van der Waals surface area contributed by atoms with Crippen molar-refractivity contribution < 1.29 is 8.60 Å². The van der Waals surface area contributed by atoms with E-state index in [-0.39, 0.29) is 4.90 Å². The first kappa shape index (κ1) is 8.36. The molecule has 0 aliphatic rings. The predicted molar refractivity (Wildman–Crippen MR) is 41.9 cm³/mol. The van der Waals surface area contributed by atoms with Gasteiger partial charge in [-0.3, -0.25) is 0 Å². The number of halogens is 1. The molecule has 1 N–H and O–H groups in total. The molecule has 0 fully saturated rings. The molecule has 0 amide bonds. The standard InChI is InChI=1S/C7H8FNOS/c1-9-11(10)7-5-3-2-4-6(7)8/h2-5,9H,1H3. The topological polar surface area (TPSA) is 29.1 Å². The van der Waals surface area contributed by atoms with Crippen molar-refractivity contribution in [3.8, 4) is 0 Å². The Labute approximate surface area is 67.0 Å². The van der Waals surface area contributed by atoms with Crippen molar-refractivity contribution in [1.82, 2.24) is 4.72 Å². The summed E-state index contributed by atoms with van der Waals surface area (Å²) in [6, 6.07) is 5.98. The zero-order valence-corrected chi connectivity index (χ0v) is 6.82. The van der Waals surface area contributed by atoms with Crippen LogP contribution in [0.5, 0.6) is 0 Å². The Morgan fingerprint density at radius 1 is 1.45 bits per heavy atom. The van der Waals surface area contributed by atoms with Crippen molar-refractivity contribution in [2.45, 2.75) is 4.90 Å². The molecule has 1 unspecified atom stereocenters. The molecule has 1 aromatic carbocycles. The lowest BCUT2D eigenvalue weighted by Crippen LogP contribution is -2.11. The van der Waals surface area contributed by atoms with Gasteiger partial charge in [-0.15, -0.1) is 0 Å². The van der Waals surface area contributed by atoms with Crippen LogP contribution in [0.4, 0.5) is 4.39 Å². The lowest BCUT2D eigenvalue weighted by molar-refractivity contribution is 0.594. The molecule has 0 radical (unpaired) electrons. The van der Waals surface area contributed by atoms with E-state index in [0.29, 0.717) is 0 Å². The van der Waals surface area contributed by atoms with Gasteiger partial charge in [0.15, 0.2) is 0 Å². The van der Waals surface area contributed by atoms with E-state index in [1.54, 1.807) is 12.1 Å². The molecule has 60 valence electrons. The fourth-order valence-corrected chi connectivity index (χ4v) is 1.37. The van der Waals surface area contributed by atoms with E-state index >= 15 is 0 Å². The van der Waals surface area contributed by atoms with Crippen molar-refractivity contribution in [3.05, 3.63) is 30.1 Å². The molecule has 0 bridgehead atoms. The molecule has 1 atom stereocenters. The Kier molecular flexibility index (Phi) is 2.73. The Balaban J connectivity index is 3.03. The molecular formula is C7H8FNOS. The summed E-state index contributed by atoms with van der Waals surface area (Å²) in [5.41, 5.74) is 0. The van der Waals surface area contributed by atoms with Crippen LogP contribution in [0.2, 0.25) is 0 Å². The Bertz CT molecular complexity index is 277. The van der Waals surface area contributed by atoms with Gasteiger partial charge in [-0.1, -0.05) is 12.1 Å². The fourth-order valence-electron chi connectivity index (χ4n) is 0.705. The van der Waals surface area contributed by atoms with E-state index in [4.69, 9.17) is 0 Å². The monoisotopic (exact) mass is 173 g/mol. The molecule has 0 aliphatic carbocycles. The van der Waals surface area contributed by atoms with E-state index < -0.39 is 16.8 Å². The maximum absolute atomic E-state index is 12.8. The number of rotatable bonds is 2.